The van der Waals surface area contributed by atoms with Crippen LogP contribution in [0.3, 0.4) is 0 Å². The molecule has 0 aliphatic carbocycles. The molecule has 2 aromatic rings. The van der Waals surface area contributed by atoms with E-state index in [0.717, 1.165) is 30.4 Å². The monoisotopic (exact) mass is 637 g/mol. The van der Waals surface area contributed by atoms with Crippen LogP contribution in [-0.4, -0.2) is 48.8 Å². The SMILES string of the molecule is CCC[CH2][Sn]([CH2]CCC)([CH2]CCC)/[C](=C/CCCc1nnc(C)o1)c1cc(C)c(OC)c(/C(F)=N/OC)c1. The van der Waals surface area contributed by atoms with Crippen molar-refractivity contribution in [3.63, 3.8) is 0 Å². The van der Waals surface area contributed by atoms with Crippen LogP contribution in [0.15, 0.2) is 27.8 Å². The number of aromatic nitrogens is 2. The van der Waals surface area contributed by atoms with E-state index in [-0.39, 0.29) is 0 Å². The van der Waals surface area contributed by atoms with Crippen LogP contribution in [0.25, 0.3) is 3.59 Å². The van der Waals surface area contributed by atoms with Crippen molar-refractivity contribution in [3.8, 4) is 5.75 Å². The van der Waals surface area contributed by atoms with Crippen LogP contribution in [-0.2, 0) is 11.3 Å². The number of nitrogens with zero attached hydrogens (tertiary/aromatic N) is 3. The molecule has 1 aromatic carbocycles. The summed E-state index contributed by atoms with van der Waals surface area (Å²) in [5.41, 5.74) is 2.40. The van der Waals surface area contributed by atoms with Crippen LogP contribution >= 0.6 is 0 Å². The number of halogens is 1. The van der Waals surface area contributed by atoms with Crippen molar-refractivity contribution in [2.24, 2.45) is 5.16 Å². The molecule has 0 fully saturated rings. The molecule has 0 aliphatic rings. The summed E-state index contributed by atoms with van der Waals surface area (Å²) in [7, 11) is 2.94. The molecule has 0 saturated heterocycles. The number of aryl methyl sites for hydroxylation is 3. The molecule has 8 heteroatoms. The number of allylic oxidation sites excluding steroid dienone is 1. The van der Waals surface area contributed by atoms with Crippen molar-refractivity contribution in [1.29, 1.82) is 0 Å². The summed E-state index contributed by atoms with van der Waals surface area (Å²) in [6.07, 6.45) is 12.5. The zero-order chi connectivity index (χ0) is 28.0. The quantitative estimate of drug-likeness (QED) is 0.0709. The van der Waals surface area contributed by atoms with Crippen LogP contribution in [0.5, 0.6) is 5.75 Å². The fourth-order valence-corrected chi connectivity index (χ4v) is 22.5. The second-order valence-corrected chi connectivity index (χ2v) is 23.4. The van der Waals surface area contributed by atoms with Gasteiger partial charge in [-0.05, 0) is 0 Å². The zero-order valence-corrected chi connectivity index (χ0v) is 27.5. The van der Waals surface area contributed by atoms with Gasteiger partial charge in [-0.15, -0.1) is 0 Å². The molecule has 0 N–H and O–H groups in total. The van der Waals surface area contributed by atoms with Crippen LogP contribution in [0.1, 0.15) is 101 Å². The van der Waals surface area contributed by atoms with Crippen LogP contribution in [0, 0.1) is 13.8 Å². The van der Waals surface area contributed by atoms with Gasteiger partial charge in [0, 0.05) is 0 Å². The van der Waals surface area contributed by atoms with E-state index in [2.05, 4.69) is 48.3 Å². The summed E-state index contributed by atoms with van der Waals surface area (Å²) in [5, 5.41) is 11.7. The van der Waals surface area contributed by atoms with Crippen LogP contribution in [0.2, 0.25) is 13.3 Å². The first kappa shape index (κ1) is 32.3. The van der Waals surface area contributed by atoms with Gasteiger partial charge in [0.2, 0.25) is 0 Å². The van der Waals surface area contributed by atoms with Crippen molar-refractivity contribution in [2.45, 2.75) is 106 Å². The number of ether oxygens (including phenoxy) is 1. The summed E-state index contributed by atoms with van der Waals surface area (Å²) in [5.74, 6) is 1.15. The molecule has 6 nitrogen and oxygen atoms in total. The Morgan fingerprint density at radius 2 is 1.61 bits per heavy atom. The Kier molecular flexibility index (Phi) is 14.4. The van der Waals surface area contributed by atoms with Crippen LogP contribution in [0.4, 0.5) is 4.39 Å². The van der Waals surface area contributed by atoms with Crippen molar-refractivity contribution < 1.29 is 18.4 Å². The van der Waals surface area contributed by atoms with E-state index in [9.17, 15) is 0 Å². The number of benzene rings is 1. The molecular weight excluding hydrogens is 588 g/mol. The topological polar surface area (TPSA) is 69.7 Å². The van der Waals surface area contributed by atoms with Gasteiger partial charge in [-0.2, -0.15) is 0 Å². The number of unbranched alkanes of at least 4 members (excludes halogenated alkanes) is 4. The van der Waals surface area contributed by atoms with Gasteiger partial charge < -0.3 is 0 Å². The Morgan fingerprint density at radius 1 is 0.974 bits per heavy atom. The third-order valence-electron chi connectivity index (χ3n) is 7.29. The summed E-state index contributed by atoms with van der Waals surface area (Å²) in [6, 6.07) is 4.15. The minimum atomic E-state index is -2.89. The maximum absolute atomic E-state index is 15.1. The average molecular weight is 636 g/mol. The third-order valence-corrected chi connectivity index (χ3v) is 23.2. The van der Waals surface area contributed by atoms with Gasteiger partial charge in [0.1, 0.15) is 0 Å². The van der Waals surface area contributed by atoms with Gasteiger partial charge in [0.05, 0.1) is 0 Å². The van der Waals surface area contributed by atoms with Crippen LogP contribution < -0.4 is 4.74 Å². The number of hydrogen-bond donors (Lipinski definition) is 0. The first-order chi connectivity index (χ1) is 18.3. The first-order valence-corrected chi connectivity index (χ1v) is 21.8. The Labute approximate surface area is 233 Å². The second-order valence-electron chi connectivity index (χ2n) is 10.3. The molecule has 0 unspecified atom stereocenters. The first-order valence-electron chi connectivity index (χ1n) is 14.3. The van der Waals surface area contributed by atoms with Gasteiger partial charge >= 0.3 is 234 Å². The van der Waals surface area contributed by atoms with E-state index in [1.54, 1.807) is 7.11 Å². The molecule has 0 amide bonds. The normalized spacial score (nSPS) is 12.7. The standard InChI is InChI=1S/C18H21FN3O3.3C4H9.Sn/c1-12-10-14(11-15(17(12)23-3)18(19)22-24-4)8-6-5-7-9-16-21-20-13(2)25-16;3*1-3-4-2;/h6,10-11H,5,7,9H2,1-4H3;3*1,3-4H2,2H3;/b8-6?,22-18-;;;;. The molecule has 212 valence electrons. The van der Waals surface area contributed by atoms with E-state index in [0.29, 0.717) is 23.1 Å². The summed E-state index contributed by atoms with van der Waals surface area (Å²) in [4.78, 5) is 4.78. The molecule has 38 heavy (non-hydrogen) atoms. The molecule has 2 rings (SSSR count). The molecule has 0 spiro atoms. The predicted octanol–water partition coefficient (Wildman–Crippen LogP) is 8.77. The molecule has 0 aliphatic heterocycles. The van der Waals surface area contributed by atoms with Crippen molar-refractivity contribution in [3.05, 3.63) is 46.7 Å². The Morgan fingerprint density at radius 3 is 2.11 bits per heavy atom. The third kappa shape index (κ3) is 9.09. The Bertz CT molecular complexity index is 1030. The van der Waals surface area contributed by atoms with E-state index >= 15 is 4.39 Å². The van der Waals surface area contributed by atoms with E-state index in [4.69, 9.17) is 14.0 Å². The summed E-state index contributed by atoms with van der Waals surface area (Å²) in [6.45, 7) is 10.7. The molecular formula is C30H48FN3O3Sn. The minimum absolute atomic E-state index is 0.359. The van der Waals surface area contributed by atoms with Crippen molar-refractivity contribution in [2.75, 3.05) is 14.2 Å². The maximum atomic E-state index is 15.1. The summed E-state index contributed by atoms with van der Waals surface area (Å²) < 4.78 is 31.8. The predicted molar refractivity (Wildman–Crippen MR) is 157 cm³/mol. The van der Waals surface area contributed by atoms with Crippen molar-refractivity contribution in [1.82, 2.24) is 10.2 Å². The molecule has 1 heterocycles. The van der Waals surface area contributed by atoms with Gasteiger partial charge in [0.15, 0.2) is 0 Å². The fraction of sp³-hybridized carbons (Fsp3) is 0.633. The Balaban J connectivity index is 2.65. The molecule has 1 aromatic heterocycles. The number of oxime groups is 1. The van der Waals surface area contributed by atoms with Gasteiger partial charge in [-0.1, -0.05) is 0 Å². The molecule has 0 atom stereocenters. The average Bonchev–Trinajstić information content (AvgIpc) is 3.33. The number of rotatable bonds is 18. The summed E-state index contributed by atoms with van der Waals surface area (Å²) >= 11 is -2.89. The van der Waals surface area contributed by atoms with E-state index in [1.807, 2.05) is 19.9 Å². The number of methoxy groups -OCH3 is 1. The number of hydrogen-bond acceptors (Lipinski definition) is 6. The second kappa shape index (κ2) is 16.9. The fourth-order valence-electron chi connectivity index (χ4n) is 5.39. The van der Waals surface area contributed by atoms with Gasteiger partial charge in [0.25, 0.3) is 0 Å². The van der Waals surface area contributed by atoms with E-state index < -0.39 is 24.3 Å². The van der Waals surface area contributed by atoms with E-state index in [1.165, 1.54) is 62.5 Å². The molecule has 0 radical (unpaired) electrons. The Hall–Kier alpha value is -1.90. The van der Waals surface area contributed by atoms with Gasteiger partial charge in [-0.3, -0.25) is 0 Å². The van der Waals surface area contributed by atoms with Crippen molar-refractivity contribution >= 4 is 27.9 Å². The molecule has 0 bridgehead atoms. The zero-order valence-electron chi connectivity index (χ0n) is 24.7. The molecule has 0 saturated carbocycles. The van der Waals surface area contributed by atoms with Gasteiger partial charge in [-0.25, -0.2) is 0 Å².